The number of rotatable bonds is 10. The van der Waals surface area contributed by atoms with Crippen LogP contribution in [0.25, 0.3) is 0 Å². The summed E-state index contributed by atoms with van der Waals surface area (Å²) in [5.74, 6) is -1.34. The summed E-state index contributed by atoms with van der Waals surface area (Å²) >= 11 is 6.12. The first-order valence-corrected chi connectivity index (χ1v) is 11.5. The van der Waals surface area contributed by atoms with Crippen molar-refractivity contribution in [2.24, 2.45) is 0 Å². The van der Waals surface area contributed by atoms with Crippen molar-refractivity contribution in [3.05, 3.63) is 71.8 Å². The zero-order valence-electron chi connectivity index (χ0n) is 17.4. The van der Waals surface area contributed by atoms with Crippen LogP contribution in [0.15, 0.2) is 66.1 Å². The van der Waals surface area contributed by atoms with Crippen LogP contribution in [0.3, 0.4) is 0 Å². The molecule has 0 saturated heterocycles. The molecular formula is C22H25ClN2O5S. The highest BCUT2D eigenvalue weighted by Gasteiger charge is 2.27. The molecule has 1 N–H and O–H groups in total. The Labute approximate surface area is 187 Å². The number of benzene rings is 2. The van der Waals surface area contributed by atoms with E-state index in [-0.39, 0.29) is 22.0 Å². The highest BCUT2D eigenvalue weighted by Crippen LogP contribution is 2.27. The van der Waals surface area contributed by atoms with Crippen molar-refractivity contribution in [1.29, 1.82) is 0 Å². The Kier molecular flexibility index (Phi) is 8.65. The molecule has 7 nitrogen and oxygen atoms in total. The Hall–Kier alpha value is -2.84. The van der Waals surface area contributed by atoms with E-state index in [0.717, 1.165) is 12.5 Å². The zero-order chi connectivity index (χ0) is 23.0. The maximum atomic E-state index is 13.3. The molecule has 0 bridgehead atoms. The summed E-state index contributed by atoms with van der Waals surface area (Å²) in [6.07, 6.45) is 1.14. The number of anilines is 1. The summed E-state index contributed by atoms with van der Waals surface area (Å²) in [5, 5.41) is 2.64. The number of ether oxygens (including phenoxy) is 1. The number of hydrogen-bond acceptors (Lipinski definition) is 5. The van der Waals surface area contributed by atoms with Gasteiger partial charge in [0.1, 0.15) is 0 Å². The van der Waals surface area contributed by atoms with Gasteiger partial charge in [-0.1, -0.05) is 42.8 Å². The van der Waals surface area contributed by atoms with Gasteiger partial charge in [0, 0.05) is 6.54 Å². The van der Waals surface area contributed by atoms with Gasteiger partial charge in [-0.15, -0.1) is 6.58 Å². The molecule has 0 aliphatic heterocycles. The van der Waals surface area contributed by atoms with E-state index >= 15 is 0 Å². The van der Waals surface area contributed by atoms with Gasteiger partial charge in [-0.3, -0.25) is 9.10 Å². The number of carbonyl (C=O) groups is 2. The highest BCUT2D eigenvalue weighted by atomic mass is 35.5. The number of hydrogen-bond donors (Lipinski definition) is 1. The molecule has 2 aromatic rings. The quantitative estimate of drug-likeness (QED) is 0.426. The third-order valence-electron chi connectivity index (χ3n) is 4.29. The topological polar surface area (TPSA) is 92.8 Å². The number of sulfonamides is 1. The van der Waals surface area contributed by atoms with Crippen LogP contribution < -0.4 is 9.62 Å². The normalized spacial score (nSPS) is 12.0. The molecule has 2 aromatic carbocycles. The number of para-hydroxylation sites is 1. The van der Waals surface area contributed by atoms with Gasteiger partial charge in [0.05, 0.1) is 27.7 Å². The fourth-order valence-electron chi connectivity index (χ4n) is 2.67. The maximum absolute atomic E-state index is 13.3. The fraction of sp³-hybridized carbons (Fsp3) is 0.273. The fourth-order valence-corrected chi connectivity index (χ4v) is 4.33. The molecule has 0 aromatic heterocycles. The SMILES string of the molecule is C=CCN(c1ccccc1)S(=O)(=O)c1ccc(Cl)c(C(=O)OC(C)C(=O)NCCC)c1. The standard InChI is InChI=1S/C22H25ClN2O5S/c1-4-13-24-21(26)16(3)30-22(27)19-15-18(11-12-20(19)23)31(28,29)25(14-5-2)17-9-7-6-8-10-17/h5-12,15-16H,2,4,13-14H2,1,3H3,(H,24,26). The minimum absolute atomic E-state index is 0.0140. The van der Waals surface area contributed by atoms with E-state index in [1.807, 2.05) is 6.92 Å². The summed E-state index contributed by atoms with van der Waals surface area (Å²) in [6, 6.07) is 12.3. The minimum Gasteiger partial charge on any atom is -0.449 e. The van der Waals surface area contributed by atoms with Gasteiger partial charge in [0.2, 0.25) is 0 Å². The van der Waals surface area contributed by atoms with Crippen LogP contribution in [0.1, 0.15) is 30.6 Å². The lowest BCUT2D eigenvalue weighted by molar-refractivity contribution is -0.129. The predicted octanol–water partition coefficient (Wildman–Crippen LogP) is 3.79. The molecule has 0 spiro atoms. The van der Waals surface area contributed by atoms with Crippen LogP contribution >= 0.6 is 11.6 Å². The first kappa shape index (κ1) is 24.4. The Bertz CT molecular complexity index is 1040. The Balaban J connectivity index is 2.35. The van der Waals surface area contributed by atoms with Crippen molar-refractivity contribution in [3.63, 3.8) is 0 Å². The van der Waals surface area contributed by atoms with E-state index in [4.69, 9.17) is 16.3 Å². The van der Waals surface area contributed by atoms with Crippen LogP contribution in [0, 0.1) is 0 Å². The van der Waals surface area contributed by atoms with Crippen molar-refractivity contribution < 1.29 is 22.7 Å². The molecule has 166 valence electrons. The highest BCUT2D eigenvalue weighted by molar-refractivity contribution is 7.92. The second-order valence-corrected chi connectivity index (χ2v) is 8.91. The van der Waals surface area contributed by atoms with Gasteiger partial charge >= 0.3 is 5.97 Å². The molecule has 0 aliphatic rings. The van der Waals surface area contributed by atoms with Crippen LogP contribution in [-0.2, 0) is 19.6 Å². The lowest BCUT2D eigenvalue weighted by Gasteiger charge is -2.23. The molecule has 1 amide bonds. The van der Waals surface area contributed by atoms with Crippen LogP contribution in [0.4, 0.5) is 5.69 Å². The Morgan fingerprint density at radius 1 is 1.23 bits per heavy atom. The summed E-state index contributed by atoms with van der Waals surface area (Å²) in [4.78, 5) is 24.4. The van der Waals surface area contributed by atoms with Crippen molar-refractivity contribution in [2.45, 2.75) is 31.3 Å². The van der Waals surface area contributed by atoms with Gasteiger partial charge in [-0.2, -0.15) is 0 Å². The summed E-state index contributed by atoms with van der Waals surface area (Å²) in [6.45, 7) is 7.43. The van der Waals surface area contributed by atoms with Crippen molar-refractivity contribution in [3.8, 4) is 0 Å². The van der Waals surface area contributed by atoms with E-state index < -0.39 is 28.0 Å². The zero-order valence-corrected chi connectivity index (χ0v) is 18.9. The van der Waals surface area contributed by atoms with Crippen LogP contribution in [-0.4, -0.2) is 39.5 Å². The van der Waals surface area contributed by atoms with Crippen LogP contribution in [0.2, 0.25) is 5.02 Å². The van der Waals surface area contributed by atoms with Crippen molar-refractivity contribution in [2.75, 3.05) is 17.4 Å². The molecule has 0 heterocycles. The molecule has 0 fully saturated rings. The van der Waals surface area contributed by atoms with E-state index in [9.17, 15) is 18.0 Å². The minimum atomic E-state index is -4.03. The number of carbonyl (C=O) groups excluding carboxylic acids is 2. The smallest absolute Gasteiger partial charge is 0.340 e. The van der Waals surface area contributed by atoms with E-state index in [2.05, 4.69) is 11.9 Å². The number of amides is 1. The molecule has 0 radical (unpaired) electrons. The number of esters is 1. The van der Waals surface area contributed by atoms with Gasteiger partial charge < -0.3 is 10.1 Å². The first-order chi connectivity index (χ1) is 14.7. The second kappa shape index (κ2) is 11.0. The number of nitrogens with one attached hydrogen (secondary N) is 1. The lowest BCUT2D eigenvalue weighted by atomic mass is 10.2. The summed E-state index contributed by atoms with van der Waals surface area (Å²) < 4.78 is 32.9. The summed E-state index contributed by atoms with van der Waals surface area (Å²) in [5.41, 5.74) is 0.298. The molecular weight excluding hydrogens is 440 g/mol. The largest absolute Gasteiger partial charge is 0.449 e. The first-order valence-electron chi connectivity index (χ1n) is 9.69. The van der Waals surface area contributed by atoms with E-state index in [1.54, 1.807) is 30.3 Å². The van der Waals surface area contributed by atoms with Crippen molar-refractivity contribution >= 4 is 39.2 Å². The monoisotopic (exact) mass is 464 g/mol. The van der Waals surface area contributed by atoms with Crippen LogP contribution in [0.5, 0.6) is 0 Å². The second-order valence-electron chi connectivity index (χ2n) is 6.64. The predicted molar refractivity (Wildman–Crippen MR) is 121 cm³/mol. The average Bonchev–Trinajstić information content (AvgIpc) is 2.76. The van der Waals surface area contributed by atoms with E-state index in [1.165, 1.54) is 29.4 Å². The molecule has 0 saturated carbocycles. The van der Waals surface area contributed by atoms with E-state index in [0.29, 0.717) is 12.2 Å². The number of nitrogens with zero attached hydrogens (tertiary/aromatic N) is 1. The molecule has 0 aliphatic carbocycles. The van der Waals surface area contributed by atoms with Gasteiger partial charge in [0.15, 0.2) is 6.10 Å². The van der Waals surface area contributed by atoms with Crippen molar-refractivity contribution in [1.82, 2.24) is 5.32 Å². The Morgan fingerprint density at radius 3 is 2.52 bits per heavy atom. The lowest BCUT2D eigenvalue weighted by Crippen LogP contribution is -2.36. The molecule has 9 heteroatoms. The molecule has 1 unspecified atom stereocenters. The Morgan fingerprint density at radius 2 is 1.90 bits per heavy atom. The third-order valence-corrected chi connectivity index (χ3v) is 6.41. The summed E-state index contributed by atoms with van der Waals surface area (Å²) in [7, 11) is -4.03. The maximum Gasteiger partial charge on any atom is 0.340 e. The number of halogens is 1. The molecule has 1 atom stereocenters. The average molecular weight is 465 g/mol. The van der Waals surface area contributed by atoms with Gasteiger partial charge in [-0.25, -0.2) is 13.2 Å². The van der Waals surface area contributed by atoms with Gasteiger partial charge in [0.25, 0.3) is 15.9 Å². The molecule has 31 heavy (non-hydrogen) atoms. The van der Waals surface area contributed by atoms with Gasteiger partial charge in [-0.05, 0) is 43.7 Å². The molecule has 2 rings (SSSR count). The third kappa shape index (κ3) is 6.08.